The van der Waals surface area contributed by atoms with E-state index in [1.807, 2.05) is 30.3 Å². The number of carboxylic acids is 1. The standard InChI is InChI=1S/C30H35NO7/c1-21(32)38-20-26-18-24(10-13-28(26)33)29(34)19-31-15-14-22-8-11-27(12-9-22)37-16-3-2-5-23-6-4-7-25(17-23)30(35)36/h4,6-13,17-18,29,31,33-34H,2-3,5,14-16,19-20H2,1H3,(H,35,36)/t29-/m0/s1. The van der Waals surface area contributed by atoms with Gasteiger partial charge in [-0.3, -0.25) is 4.79 Å². The van der Waals surface area contributed by atoms with Gasteiger partial charge < -0.3 is 30.1 Å². The van der Waals surface area contributed by atoms with Gasteiger partial charge in [0.05, 0.1) is 18.3 Å². The summed E-state index contributed by atoms with van der Waals surface area (Å²) in [5, 5.41) is 32.7. The fourth-order valence-electron chi connectivity index (χ4n) is 3.93. The Morgan fingerprint density at radius 3 is 2.47 bits per heavy atom. The first kappa shape index (κ1) is 28.7. The van der Waals surface area contributed by atoms with Gasteiger partial charge in [-0.05, 0) is 85.3 Å². The van der Waals surface area contributed by atoms with Crippen LogP contribution in [0.4, 0.5) is 0 Å². The normalized spacial score (nSPS) is 11.6. The van der Waals surface area contributed by atoms with Crippen LogP contribution in [0, 0.1) is 0 Å². The molecule has 38 heavy (non-hydrogen) atoms. The number of aliphatic hydroxyl groups is 1. The van der Waals surface area contributed by atoms with Crippen molar-refractivity contribution in [3.05, 3.63) is 94.5 Å². The third-order valence-corrected chi connectivity index (χ3v) is 6.07. The molecule has 0 amide bonds. The van der Waals surface area contributed by atoms with Crippen molar-refractivity contribution in [2.24, 2.45) is 0 Å². The number of unbranched alkanes of at least 4 members (excludes halogenated alkanes) is 1. The molecule has 202 valence electrons. The second-order valence-corrected chi connectivity index (χ2v) is 9.09. The number of rotatable bonds is 15. The van der Waals surface area contributed by atoms with E-state index >= 15 is 0 Å². The molecule has 3 aromatic carbocycles. The molecule has 0 unspecified atom stereocenters. The number of hydrogen-bond acceptors (Lipinski definition) is 7. The average Bonchev–Trinajstić information content (AvgIpc) is 2.91. The summed E-state index contributed by atoms with van der Waals surface area (Å²) in [6.45, 7) is 2.88. The van der Waals surface area contributed by atoms with Gasteiger partial charge >= 0.3 is 11.9 Å². The smallest absolute Gasteiger partial charge is 0.335 e. The summed E-state index contributed by atoms with van der Waals surface area (Å²) in [4.78, 5) is 22.1. The molecule has 0 spiro atoms. The summed E-state index contributed by atoms with van der Waals surface area (Å²) in [7, 11) is 0. The summed E-state index contributed by atoms with van der Waals surface area (Å²) < 4.78 is 10.8. The van der Waals surface area contributed by atoms with E-state index in [1.165, 1.54) is 13.0 Å². The third kappa shape index (κ3) is 9.53. The Kier molecular flexibility index (Phi) is 11.1. The molecule has 8 heteroatoms. The van der Waals surface area contributed by atoms with Gasteiger partial charge in [0, 0.05) is 19.0 Å². The van der Waals surface area contributed by atoms with Crippen molar-refractivity contribution in [1.29, 1.82) is 0 Å². The Labute approximate surface area is 222 Å². The molecule has 8 nitrogen and oxygen atoms in total. The molecule has 3 rings (SSSR count). The third-order valence-electron chi connectivity index (χ3n) is 6.07. The number of carbonyl (C=O) groups excluding carboxylic acids is 1. The van der Waals surface area contributed by atoms with Gasteiger partial charge in [-0.15, -0.1) is 0 Å². The first-order valence-electron chi connectivity index (χ1n) is 12.7. The number of benzene rings is 3. The summed E-state index contributed by atoms with van der Waals surface area (Å²) >= 11 is 0. The number of nitrogens with one attached hydrogen (secondary N) is 1. The van der Waals surface area contributed by atoms with E-state index in [0.717, 1.165) is 42.6 Å². The summed E-state index contributed by atoms with van der Waals surface area (Å²) in [5.41, 5.74) is 3.56. The molecule has 0 saturated carbocycles. The van der Waals surface area contributed by atoms with Crippen LogP contribution >= 0.6 is 0 Å². The van der Waals surface area contributed by atoms with E-state index in [2.05, 4.69) is 5.32 Å². The van der Waals surface area contributed by atoms with Gasteiger partial charge in [0.1, 0.15) is 18.1 Å². The number of carbonyl (C=O) groups is 2. The number of aromatic carboxylic acids is 1. The molecule has 1 atom stereocenters. The van der Waals surface area contributed by atoms with Crippen LogP contribution < -0.4 is 10.1 Å². The minimum atomic E-state index is -0.909. The van der Waals surface area contributed by atoms with Crippen LogP contribution in [0.5, 0.6) is 11.5 Å². The van der Waals surface area contributed by atoms with Crippen molar-refractivity contribution in [1.82, 2.24) is 5.32 Å². The first-order chi connectivity index (χ1) is 18.3. The number of esters is 1. The van der Waals surface area contributed by atoms with Gasteiger partial charge in [0.2, 0.25) is 0 Å². The lowest BCUT2D eigenvalue weighted by Crippen LogP contribution is -2.23. The van der Waals surface area contributed by atoms with Crippen molar-refractivity contribution in [3.8, 4) is 11.5 Å². The molecule has 0 aliphatic heterocycles. The van der Waals surface area contributed by atoms with E-state index in [1.54, 1.807) is 30.3 Å². The fourth-order valence-corrected chi connectivity index (χ4v) is 3.93. The number of hydrogen-bond donors (Lipinski definition) is 4. The Balaban J connectivity index is 1.32. The molecular weight excluding hydrogens is 486 g/mol. The van der Waals surface area contributed by atoms with Gasteiger partial charge in [0.15, 0.2) is 0 Å². The number of phenolic OH excluding ortho intramolecular Hbond substituents is 1. The van der Waals surface area contributed by atoms with E-state index in [4.69, 9.17) is 14.6 Å². The van der Waals surface area contributed by atoms with E-state index in [9.17, 15) is 19.8 Å². The maximum Gasteiger partial charge on any atom is 0.335 e. The zero-order chi connectivity index (χ0) is 27.3. The molecule has 4 N–H and O–H groups in total. The van der Waals surface area contributed by atoms with E-state index < -0.39 is 18.0 Å². The quantitative estimate of drug-likeness (QED) is 0.171. The van der Waals surface area contributed by atoms with Gasteiger partial charge in [-0.2, -0.15) is 0 Å². The van der Waals surface area contributed by atoms with E-state index in [-0.39, 0.29) is 12.4 Å². The lowest BCUT2D eigenvalue weighted by Gasteiger charge is -2.14. The van der Waals surface area contributed by atoms with Crippen molar-refractivity contribution in [2.45, 2.75) is 45.3 Å². The van der Waals surface area contributed by atoms with Crippen LogP contribution in [0.1, 0.15) is 58.5 Å². The summed E-state index contributed by atoms with van der Waals surface area (Å²) in [6.07, 6.45) is 2.63. The molecule has 0 aliphatic rings. The largest absolute Gasteiger partial charge is 0.508 e. The highest BCUT2D eigenvalue weighted by Crippen LogP contribution is 2.23. The molecule has 0 radical (unpaired) electrons. The summed E-state index contributed by atoms with van der Waals surface area (Å²) in [6, 6.07) is 19.7. The second kappa shape index (κ2) is 14.8. The summed E-state index contributed by atoms with van der Waals surface area (Å²) in [5.74, 6) is -0.518. The predicted molar refractivity (Wildman–Crippen MR) is 143 cm³/mol. The number of ether oxygens (including phenoxy) is 2. The second-order valence-electron chi connectivity index (χ2n) is 9.09. The van der Waals surface area contributed by atoms with Crippen LogP contribution in [-0.4, -0.2) is 47.0 Å². The molecule has 0 bridgehead atoms. The highest BCUT2D eigenvalue weighted by Gasteiger charge is 2.11. The fraction of sp³-hybridized carbons (Fsp3) is 0.333. The molecule has 0 aliphatic carbocycles. The molecular formula is C30H35NO7. The van der Waals surface area contributed by atoms with E-state index in [0.29, 0.717) is 36.4 Å². The average molecular weight is 522 g/mol. The van der Waals surface area contributed by atoms with Gasteiger partial charge in [-0.25, -0.2) is 4.79 Å². The Morgan fingerprint density at radius 2 is 1.74 bits per heavy atom. The van der Waals surface area contributed by atoms with Crippen molar-refractivity contribution in [3.63, 3.8) is 0 Å². The number of aromatic hydroxyl groups is 1. The topological polar surface area (TPSA) is 125 Å². The minimum absolute atomic E-state index is 0.0193. The molecule has 0 fully saturated rings. The van der Waals surface area contributed by atoms with Crippen LogP contribution in [0.2, 0.25) is 0 Å². The Morgan fingerprint density at radius 1 is 0.947 bits per heavy atom. The lowest BCUT2D eigenvalue weighted by atomic mass is 10.1. The van der Waals surface area contributed by atoms with Crippen molar-refractivity contribution in [2.75, 3.05) is 19.7 Å². The minimum Gasteiger partial charge on any atom is -0.508 e. The van der Waals surface area contributed by atoms with Crippen LogP contribution in [0.25, 0.3) is 0 Å². The highest BCUT2D eigenvalue weighted by molar-refractivity contribution is 5.87. The predicted octanol–water partition coefficient (Wildman–Crippen LogP) is 4.42. The number of aryl methyl sites for hydroxylation is 1. The molecule has 0 heterocycles. The van der Waals surface area contributed by atoms with Gasteiger partial charge in [-0.1, -0.05) is 30.3 Å². The van der Waals surface area contributed by atoms with Crippen LogP contribution in [0.3, 0.4) is 0 Å². The molecule has 3 aromatic rings. The maximum absolute atomic E-state index is 11.1. The number of phenols is 1. The zero-order valence-electron chi connectivity index (χ0n) is 21.6. The number of carboxylic acid groups (broad SMARTS) is 1. The lowest BCUT2D eigenvalue weighted by molar-refractivity contribution is -0.142. The Hall–Kier alpha value is -3.88. The molecule has 0 saturated heterocycles. The zero-order valence-corrected chi connectivity index (χ0v) is 21.6. The van der Waals surface area contributed by atoms with Crippen molar-refractivity contribution >= 4 is 11.9 Å². The highest BCUT2D eigenvalue weighted by atomic mass is 16.5. The maximum atomic E-state index is 11.1. The monoisotopic (exact) mass is 521 g/mol. The molecule has 0 aromatic heterocycles. The SMILES string of the molecule is CC(=O)OCc1cc([C@@H](O)CNCCc2ccc(OCCCCc3cccc(C(=O)O)c3)cc2)ccc1O. The van der Waals surface area contributed by atoms with Gasteiger partial charge in [0.25, 0.3) is 0 Å². The van der Waals surface area contributed by atoms with Crippen molar-refractivity contribution < 1.29 is 34.4 Å². The first-order valence-corrected chi connectivity index (χ1v) is 12.7. The van der Waals surface area contributed by atoms with Crippen LogP contribution in [-0.2, 0) is 29.0 Å². The van der Waals surface area contributed by atoms with Crippen LogP contribution in [0.15, 0.2) is 66.7 Å². The number of aliphatic hydroxyl groups excluding tert-OH is 1. The Bertz CT molecular complexity index is 1190.